The van der Waals surface area contributed by atoms with Gasteiger partial charge in [0.1, 0.15) is 6.33 Å². The van der Waals surface area contributed by atoms with Crippen LogP contribution in [-0.4, -0.2) is 46.6 Å². The second-order valence-electron chi connectivity index (χ2n) is 6.78. The highest BCUT2D eigenvalue weighted by Gasteiger charge is 2.29. The summed E-state index contributed by atoms with van der Waals surface area (Å²) in [5.74, 6) is 0.732. The minimum absolute atomic E-state index is 0.0800. The average molecular weight is 317 g/mol. The van der Waals surface area contributed by atoms with Gasteiger partial charge in [0, 0.05) is 25.9 Å². The normalized spacial score (nSPS) is 21.2. The molecule has 1 aromatic heterocycles. The molecule has 1 amide bonds. The molecule has 2 aliphatic rings. The Morgan fingerprint density at radius 3 is 2.83 bits per heavy atom. The Hall–Kier alpha value is -1.49. The molecule has 5 heteroatoms. The number of aromatic nitrogens is 2. The lowest BCUT2D eigenvalue weighted by atomic mass is 9.85. The molecule has 0 radical (unpaired) electrons. The van der Waals surface area contributed by atoms with Gasteiger partial charge in [0.25, 0.3) is 5.91 Å². The molecule has 1 atom stereocenters. The molecule has 1 aromatic rings. The van der Waals surface area contributed by atoms with Crippen LogP contribution in [-0.2, 0) is 11.2 Å². The Morgan fingerprint density at radius 2 is 2.17 bits per heavy atom. The van der Waals surface area contributed by atoms with Gasteiger partial charge in [-0.15, -0.1) is 0 Å². The van der Waals surface area contributed by atoms with E-state index in [0.717, 1.165) is 44.5 Å². The number of carbonyl (C=O) groups is 1. The number of amides is 1. The van der Waals surface area contributed by atoms with Crippen molar-refractivity contribution in [2.24, 2.45) is 5.92 Å². The smallest absolute Gasteiger partial charge is 0.257 e. The highest BCUT2D eigenvalue weighted by atomic mass is 16.5. The fourth-order valence-electron chi connectivity index (χ4n) is 3.40. The molecular formula is C18H27N3O2. The molecule has 0 N–H and O–H groups in total. The largest absolute Gasteiger partial charge is 0.376 e. The number of nitrogens with zero attached hydrogens (tertiary/aromatic N) is 3. The van der Waals surface area contributed by atoms with Crippen molar-refractivity contribution < 1.29 is 9.53 Å². The molecule has 3 rings (SSSR count). The van der Waals surface area contributed by atoms with E-state index in [-0.39, 0.29) is 12.0 Å². The van der Waals surface area contributed by atoms with Crippen molar-refractivity contribution in [3.8, 4) is 0 Å². The summed E-state index contributed by atoms with van der Waals surface area (Å²) in [6.45, 7) is 4.48. The second kappa shape index (κ2) is 7.86. The third kappa shape index (κ3) is 4.08. The van der Waals surface area contributed by atoms with Crippen LogP contribution in [0.2, 0.25) is 0 Å². The molecule has 0 aromatic carbocycles. The van der Waals surface area contributed by atoms with E-state index < -0.39 is 0 Å². The third-order valence-corrected chi connectivity index (χ3v) is 4.95. The van der Waals surface area contributed by atoms with Gasteiger partial charge in [0.05, 0.1) is 17.4 Å². The van der Waals surface area contributed by atoms with Crippen LogP contribution in [0.5, 0.6) is 0 Å². The van der Waals surface area contributed by atoms with Crippen LogP contribution in [0.15, 0.2) is 12.5 Å². The number of rotatable bonds is 7. The number of hydrogen-bond acceptors (Lipinski definition) is 4. The molecule has 23 heavy (non-hydrogen) atoms. The third-order valence-electron chi connectivity index (χ3n) is 4.95. The molecule has 1 aliphatic carbocycles. The van der Waals surface area contributed by atoms with Crippen LogP contribution in [0, 0.1) is 5.92 Å². The Bertz CT molecular complexity index is 525. The van der Waals surface area contributed by atoms with Crippen molar-refractivity contribution in [3.05, 3.63) is 23.8 Å². The number of hydrogen-bond donors (Lipinski definition) is 0. The van der Waals surface area contributed by atoms with Gasteiger partial charge in [-0.25, -0.2) is 9.97 Å². The van der Waals surface area contributed by atoms with Crippen molar-refractivity contribution in [1.29, 1.82) is 0 Å². The predicted molar refractivity (Wildman–Crippen MR) is 88.2 cm³/mol. The number of carbonyl (C=O) groups excluding carboxylic acids is 1. The van der Waals surface area contributed by atoms with Crippen molar-refractivity contribution in [1.82, 2.24) is 14.9 Å². The quantitative estimate of drug-likeness (QED) is 0.776. The van der Waals surface area contributed by atoms with Crippen LogP contribution in [0.4, 0.5) is 0 Å². The highest BCUT2D eigenvalue weighted by Crippen LogP contribution is 2.28. The first-order valence-corrected chi connectivity index (χ1v) is 8.97. The summed E-state index contributed by atoms with van der Waals surface area (Å²) >= 11 is 0. The Kier molecular flexibility index (Phi) is 5.60. The summed E-state index contributed by atoms with van der Waals surface area (Å²) in [6.07, 6.45) is 11.1. The Morgan fingerprint density at radius 1 is 1.30 bits per heavy atom. The average Bonchev–Trinajstić information content (AvgIpc) is 3.03. The predicted octanol–water partition coefficient (Wildman–Crippen LogP) is 2.85. The minimum atomic E-state index is 0.0800. The summed E-state index contributed by atoms with van der Waals surface area (Å²) < 4.78 is 5.76. The van der Waals surface area contributed by atoms with Crippen LogP contribution < -0.4 is 0 Å². The van der Waals surface area contributed by atoms with Gasteiger partial charge in [-0.2, -0.15) is 0 Å². The van der Waals surface area contributed by atoms with E-state index in [2.05, 4.69) is 16.9 Å². The summed E-state index contributed by atoms with van der Waals surface area (Å²) in [6, 6.07) is 0. The number of ether oxygens (including phenoxy) is 1. The van der Waals surface area contributed by atoms with Gasteiger partial charge in [-0.3, -0.25) is 4.79 Å². The van der Waals surface area contributed by atoms with E-state index in [1.54, 1.807) is 6.20 Å². The summed E-state index contributed by atoms with van der Waals surface area (Å²) in [5.41, 5.74) is 1.55. The topological polar surface area (TPSA) is 55.3 Å². The van der Waals surface area contributed by atoms with Gasteiger partial charge in [0.15, 0.2) is 0 Å². The van der Waals surface area contributed by atoms with Gasteiger partial charge in [-0.05, 0) is 38.0 Å². The van der Waals surface area contributed by atoms with Gasteiger partial charge in [-0.1, -0.05) is 19.8 Å². The van der Waals surface area contributed by atoms with Crippen molar-refractivity contribution in [2.45, 2.75) is 58.0 Å². The van der Waals surface area contributed by atoms with E-state index in [9.17, 15) is 4.79 Å². The van der Waals surface area contributed by atoms with E-state index in [0.29, 0.717) is 18.0 Å². The maximum Gasteiger partial charge on any atom is 0.257 e. The lowest BCUT2D eigenvalue weighted by Gasteiger charge is -2.33. The lowest BCUT2D eigenvalue weighted by Crippen LogP contribution is -2.42. The molecule has 0 spiro atoms. The van der Waals surface area contributed by atoms with Crippen molar-refractivity contribution in [2.75, 3.05) is 19.7 Å². The molecular weight excluding hydrogens is 290 g/mol. The Labute approximate surface area is 138 Å². The maximum atomic E-state index is 13.1. The molecule has 126 valence electrons. The van der Waals surface area contributed by atoms with Crippen LogP contribution in [0.25, 0.3) is 0 Å². The standard InChI is InChI=1S/C18H27N3O2/c1-2-5-17-16(10-19-13-20-17)18(22)21(11-14-6-3-7-14)12-15-8-4-9-23-15/h10,13-15H,2-9,11-12H2,1H3/t15-/m0/s1. The van der Waals surface area contributed by atoms with E-state index >= 15 is 0 Å². The Balaban J connectivity index is 1.75. The van der Waals surface area contributed by atoms with Crippen LogP contribution in [0.1, 0.15) is 61.5 Å². The van der Waals surface area contributed by atoms with Crippen LogP contribution >= 0.6 is 0 Å². The van der Waals surface area contributed by atoms with Gasteiger partial charge >= 0.3 is 0 Å². The van der Waals surface area contributed by atoms with E-state index in [1.165, 1.54) is 25.6 Å². The van der Waals surface area contributed by atoms with Gasteiger partial charge in [0.2, 0.25) is 0 Å². The molecule has 2 heterocycles. The monoisotopic (exact) mass is 317 g/mol. The van der Waals surface area contributed by atoms with Crippen LogP contribution in [0.3, 0.4) is 0 Å². The first-order chi connectivity index (χ1) is 11.3. The number of aryl methyl sites for hydroxylation is 1. The molecule has 5 nitrogen and oxygen atoms in total. The first-order valence-electron chi connectivity index (χ1n) is 8.97. The molecule has 1 aliphatic heterocycles. The van der Waals surface area contributed by atoms with E-state index in [4.69, 9.17) is 4.74 Å². The minimum Gasteiger partial charge on any atom is -0.376 e. The lowest BCUT2D eigenvalue weighted by molar-refractivity contribution is 0.0446. The molecule has 0 unspecified atom stereocenters. The second-order valence-corrected chi connectivity index (χ2v) is 6.78. The van der Waals surface area contributed by atoms with Gasteiger partial charge < -0.3 is 9.64 Å². The molecule has 1 saturated carbocycles. The summed E-state index contributed by atoms with van der Waals surface area (Å²) in [7, 11) is 0. The van der Waals surface area contributed by atoms with Crippen molar-refractivity contribution in [3.63, 3.8) is 0 Å². The fraction of sp³-hybridized carbons (Fsp3) is 0.722. The zero-order valence-corrected chi connectivity index (χ0v) is 14.0. The highest BCUT2D eigenvalue weighted by molar-refractivity contribution is 5.95. The first kappa shape index (κ1) is 16.4. The zero-order valence-electron chi connectivity index (χ0n) is 14.0. The fourth-order valence-corrected chi connectivity index (χ4v) is 3.40. The SMILES string of the molecule is CCCc1ncncc1C(=O)N(CC1CCC1)C[C@@H]1CCCO1. The zero-order chi connectivity index (χ0) is 16.1. The maximum absolute atomic E-state index is 13.1. The summed E-state index contributed by atoms with van der Waals surface area (Å²) in [4.78, 5) is 23.5. The van der Waals surface area contributed by atoms with Crippen molar-refractivity contribution >= 4 is 5.91 Å². The van der Waals surface area contributed by atoms with E-state index in [1.807, 2.05) is 4.90 Å². The molecule has 0 bridgehead atoms. The molecule has 2 fully saturated rings. The summed E-state index contributed by atoms with van der Waals surface area (Å²) in [5, 5.41) is 0. The molecule has 1 saturated heterocycles.